The third-order valence-corrected chi connectivity index (χ3v) is 9.70. The summed E-state index contributed by atoms with van der Waals surface area (Å²) in [5.41, 5.74) is 4.26. The number of aliphatic hydroxyl groups excluding tert-OH is 1. The van der Waals surface area contributed by atoms with Crippen LogP contribution >= 0.6 is 0 Å². The highest BCUT2D eigenvalue weighted by Gasteiger charge is 2.41. The van der Waals surface area contributed by atoms with Crippen molar-refractivity contribution in [2.24, 2.45) is 0 Å². The zero-order valence-electron chi connectivity index (χ0n) is 15.0. The van der Waals surface area contributed by atoms with E-state index >= 15 is 0 Å². The van der Waals surface area contributed by atoms with Gasteiger partial charge in [-0.25, -0.2) is 0 Å². The van der Waals surface area contributed by atoms with Crippen LogP contribution in [0.15, 0.2) is 11.6 Å². The number of allylic oxidation sites excluding steroid dienone is 1. The molecule has 0 spiro atoms. The lowest BCUT2D eigenvalue weighted by Crippen LogP contribution is -2.44. The monoisotopic (exact) mass is 324 g/mol. The number of rotatable bonds is 3. The second-order valence-corrected chi connectivity index (χ2v) is 18.1. The molecule has 0 aromatic heterocycles. The lowest BCUT2D eigenvalue weighted by Gasteiger charge is -2.39. The fourth-order valence-electron chi connectivity index (χ4n) is 2.01. The Kier molecular flexibility index (Phi) is 5.71. The fourth-order valence-corrected chi connectivity index (χ4v) is 3.90. The lowest BCUT2D eigenvalue weighted by molar-refractivity contribution is 0.176. The predicted molar refractivity (Wildman–Crippen MR) is 96.5 cm³/mol. The van der Waals surface area contributed by atoms with Crippen molar-refractivity contribution in [1.82, 2.24) is 0 Å². The van der Waals surface area contributed by atoms with Gasteiger partial charge < -0.3 is 9.53 Å². The zero-order chi connectivity index (χ0) is 16.5. The van der Waals surface area contributed by atoms with Crippen LogP contribution in [-0.4, -0.2) is 33.7 Å². The van der Waals surface area contributed by atoms with Gasteiger partial charge in [-0.15, -0.1) is 5.54 Å². The van der Waals surface area contributed by atoms with Crippen LogP contribution in [0.1, 0.15) is 33.6 Å². The molecule has 0 heterocycles. The maximum Gasteiger partial charge on any atom is 0.192 e. The Bertz CT molecular complexity index is 456. The normalized spacial score (nSPS) is 21.6. The van der Waals surface area contributed by atoms with E-state index in [4.69, 9.17) is 4.43 Å². The second kappa shape index (κ2) is 6.41. The van der Waals surface area contributed by atoms with Gasteiger partial charge >= 0.3 is 0 Å². The third kappa shape index (κ3) is 5.41. The second-order valence-electron chi connectivity index (χ2n) is 8.57. The minimum Gasteiger partial charge on any atom is -0.410 e. The predicted octanol–water partition coefficient (Wildman–Crippen LogP) is 4.34. The number of aliphatic hydroxyl groups is 1. The van der Waals surface area contributed by atoms with E-state index in [0.717, 1.165) is 18.4 Å². The summed E-state index contributed by atoms with van der Waals surface area (Å²) in [7, 11) is -3.26. The molecule has 0 saturated heterocycles. The molecular formula is C17H32O2Si2. The van der Waals surface area contributed by atoms with Crippen LogP contribution in [0.4, 0.5) is 0 Å². The van der Waals surface area contributed by atoms with E-state index in [1.54, 1.807) is 0 Å². The first kappa shape index (κ1) is 18.7. The topological polar surface area (TPSA) is 29.5 Å². The van der Waals surface area contributed by atoms with E-state index in [9.17, 15) is 5.11 Å². The largest absolute Gasteiger partial charge is 0.410 e. The van der Waals surface area contributed by atoms with E-state index < -0.39 is 22.5 Å². The molecule has 2 atom stereocenters. The molecule has 0 aromatic rings. The van der Waals surface area contributed by atoms with Gasteiger partial charge in [-0.1, -0.05) is 52.4 Å². The Hall–Kier alpha value is -0.346. The third-order valence-electron chi connectivity index (χ3n) is 4.32. The van der Waals surface area contributed by atoms with Crippen molar-refractivity contribution in [2.75, 3.05) is 0 Å². The quantitative estimate of drug-likeness (QED) is 0.475. The summed E-state index contributed by atoms with van der Waals surface area (Å²) in [6.45, 7) is 17.9. The van der Waals surface area contributed by atoms with E-state index in [-0.39, 0.29) is 11.1 Å². The Morgan fingerprint density at radius 1 is 1.24 bits per heavy atom. The first-order valence-electron chi connectivity index (χ1n) is 7.92. The maximum absolute atomic E-state index is 10.4. The van der Waals surface area contributed by atoms with Gasteiger partial charge in [0.15, 0.2) is 8.32 Å². The molecule has 4 heteroatoms. The summed E-state index contributed by atoms with van der Waals surface area (Å²) in [5, 5.41) is 10.6. The Balaban J connectivity index is 2.83. The van der Waals surface area contributed by atoms with E-state index in [2.05, 4.69) is 71.0 Å². The molecule has 0 aromatic carbocycles. The van der Waals surface area contributed by atoms with Gasteiger partial charge in [-0.05, 0) is 36.5 Å². The van der Waals surface area contributed by atoms with E-state index in [1.165, 1.54) is 0 Å². The molecule has 21 heavy (non-hydrogen) atoms. The molecule has 1 aliphatic carbocycles. The summed E-state index contributed by atoms with van der Waals surface area (Å²) in [6.07, 6.45) is 3.49. The van der Waals surface area contributed by atoms with Gasteiger partial charge in [0.1, 0.15) is 14.2 Å². The number of hydrogen-bond acceptors (Lipinski definition) is 2. The number of hydrogen-bond donors (Lipinski definition) is 1. The van der Waals surface area contributed by atoms with Gasteiger partial charge in [-0.3, -0.25) is 0 Å². The lowest BCUT2D eigenvalue weighted by atomic mass is 10.1. The van der Waals surface area contributed by atoms with Crippen LogP contribution in [-0.2, 0) is 4.43 Å². The smallest absolute Gasteiger partial charge is 0.192 e. The average Bonchev–Trinajstić information content (AvgIpc) is 2.70. The summed E-state index contributed by atoms with van der Waals surface area (Å²) in [4.78, 5) is 0. The first-order valence-corrected chi connectivity index (χ1v) is 14.3. The molecule has 0 fully saturated rings. The van der Waals surface area contributed by atoms with Gasteiger partial charge in [0.2, 0.25) is 0 Å². The van der Waals surface area contributed by atoms with Crippen LogP contribution in [0.2, 0.25) is 37.8 Å². The molecular weight excluding hydrogens is 292 g/mol. The molecule has 0 bridgehead atoms. The zero-order valence-corrected chi connectivity index (χ0v) is 17.0. The van der Waals surface area contributed by atoms with Crippen LogP contribution in [0, 0.1) is 11.5 Å². The fraction of sp³-hybridized carbons (Fsp3) is 0.765. The van der Waals surface area contributed by atoms with Gasteiger partial charge in [0, 0.05) is 0 Å². The summed E-state index contributed by atoms with van der Waals surface area (Å²) in [6, 6.07) is 0. The highest BCUT2D eigenvalue weighted by molar-refractivity contribution is 6.83. The van der Waals surface area contributed by atoms with E-state index in [0.29, 0.717) is 0 Å². The van der Waals surface area contributed by atoms with Crippen LogP contribution in [0.3, 0.4) is 0 Å². The van der Waals surface area contributed by atoms with E-state index in [1.807, 2.05) is 0 Å². The molecule has 1 aliphatic rings. The average molecular weight is 325 g/mol. The molecule has 120 valence electrons. The van der Waals surface area contributed by atoms with Crippen molar-refractivity contribution >= 4 is 16.4 Å². The molecule has 1 N–H and O–H groups in total. The van der Waals surface area contributed by atoms with Crippen molar-refractivity contribution in [2.45, 2.75) is 83.6 Å². The SMILES string of the molecule is CC(C)(C)[Si](C)(C)O[C@@H]1CCC=C1[C@@H](O)C#C[Si](C)(C)C. The standard InChI is InChI=1S/C17H32O2Si2/c1-17(2,3)21(7,8)19-16-11-9-10-14(16)15(18)12-13-20(4,5)6/h10,15-16,18H,9,11H2,1-8H3/t15-,16+/m0/s1. The molecule has 0 aliphatic heterocycles. The van der Waals surface area contributed by atoms with Gasteiger partial charge in [-0.2, -0.15) is 0 Å². The molecule has 0 unspecified atom stereocenters. The molecule has 1 rings (SSSR count). The minimum absolute atomic E-state index is 0.0526. The van der Waals surface area contributed by atoms with Crippen molar-refractivity contribution < 1.29 is 9.53 Å². The van der Waals surface area contributed by atoms with Crippen LogP contribution < -0.4 is 0 Å². The van der Waals surface area contributed by atoms with Crippen molar-refractivity contribution in [3.8, 4) is 11.5 Å². The Morgan fingerprint density at radius 2 is 1.81 bits per heavy atom. The molecule has 2 nitrogen and oxygen atoms in total. The molecule has 0 radical (unpaired) electrons. The van der Waals surface area contributed by atoms with Gasteiger partial charge in [0.05, 0.1) is 6.10 Å². The maximum atomic E-state index is 10.4. The first-order chi connectivity index (χ1) is 9.33. The summed E-state index contributed by atoms with van der Waals surface area (Å²) < 4.78 is 6.48. The Morgan fingerprint density at radius 3 is 2.29 bits per heavy atom. The van der Waals surface area contributed by atoms with Gasteiger partial charge in [0.25, 0.3) is 0 Å². The highest BCUT2D eigenvalue weighted by atomic mass is 28.4. The van der Waals surface area contributed by atoms with Crippen LogP contribution in [0.5, 0.6) is 0 Å². The minimum atomic E-state index is -1.81. The van der Waals surface area contributed by atoms with Crippen molar-refractivity contribution in [1.29, 1.82) is 0 Å². The molecule has 0 saturated carbocycles. The van der Waals surface area contributed by atoms with Crippen LogP contribution in [0.25, 0.3) is 0 Å². The molecule has 0 amide bonds. The Labute approximate surface area is 133 Å². The summed E-state index contributed by atoms with van der Waals surface area (Å²) in [5.74, 6) is 3.05. The van der Waals surface area contributed by atoms with Crippen molar-refractivity contribution in [3.05, 3.63) is 11.6 Å². The summed E-state index contributed by atoms with van der Waals surface area (Å²) >= 11 is 0. The highest BCUT2D eigenvalue weighted by Crippen LogP contribution is 2.40. The van der Waals surface area contributed by atoms with Crippen molar-refractivity contribution in [3.63, 3.8) is 0 Å².